The predicted molar refractivity (Wildman–Crippen MR) is 87.6 cm³/mol. The number of carbonyl (C=O) groups excluding carboxylic acids is 1. The lowest BCUT2D eigenvalue weighted by atomic mass is 10.2. The van der Waals surface area contributed by atoms with E-state index in [0.29, 0.717) is 49.1 Å². The first-order valence-electron chi connectivity index (χ1n) is 8.12. The SMILES string of the molecule is CCCOc1cc(F)ccc1NC(=O)N1CCn2nnc(CO)c2C1. The molecule has 1 aromatic carbocycles. The molecule has 0 unspecified atom stereocenters. The molecule has 2 aromatic rings. The number of benzene rings is 1. The number of aromatic nitrogens is 3. The third-order valence-electron chi connectivity index (χ3n) is 3.92. The number of aliphatic hydroxyl groups excluding tert-OH is 1. The Morgan fingerprint density at radius 2 is 2.28 bits per heavy atom. The number of aliphatic hydroxyl groups is 1. The van der Waals surface area contributed by atoms with Gasteiger partial charge in [-0.25, -0.2) is 13.9 Å². The van der Waals surface area contributed by atoms with Gasteiger partial charge in [0, 0.05) is 12.6 Å². The van der Waals surface area contributed by atoms with Crippen LogP contribution in [-0.4, -0.2) is 44.2 Å². The van der Waals surface area contributed by atoms with Gasteiger partial charge in [-0.3, -0.25) is 0 Å². The van der Waals surface area contributed by atoms with Gasteiger partial charge in [0.05, 0.1) is 37.7 Å². The molecule has 2 amide bonds. The molecule has 25 heavy (non-hydrogen) atoms. The Morgan fingerprint density at radius 3 is 3.04 bits per heavy atom. The van der Waals surface area contributed by atoms with Gasteiger partial charge in [-0.2, -0.15) is 0 Å². The van der Waals surface area contributed by atoms with Crippen LogP contribution in [-0.2, 0) is 19.7 Å². The molecule has 0 bridgehead atoms. The van der Waals surface area contributed by atoms with Crippen molar-refractivity contribution in [3.8, 4) is 5.75 Å². The number of halogens is 1. The fourth-order valence-electron chi connectivity index (χ4n) is 2.62. The number of carbonyl (C=O) groups is 1. The first-order valence-corrected chi connectivity index (χ1v) is 8.12. The number of hydrogen-bond donors (Lipinski definition) is 2. The van der Waals surface area contributed by atoms with E-state index in [-0.39, 0.29) is 12.6 Å². The number of fused-ring (bicyclic) bond motifs is 1. The lowest BCUT2D eigenvalue weighted by molar-refractivity contribution is 0.192. The van der Waals surface area contributed by atoms with Crippen molar-refractivity contribution >= 4 is 11.7 Å². The summed E-state index contributed by atoms with van der Waals surface area (Å²) in [5.41, 5.74) is 1.59. The standard InChI is InChI=1S/C16H20FN5O3/c1-2-7-25-15-8-11(17)3-4-12(15)18-16(24)21-5-6-22-14(9-21)13(10-23)19-20-22/h3-4,8,23H,2,5-7,9-10H2,1H3,(H,18,24). The van der Waals surface area contributed by atoms with E-state index in [9.17, 15) is 14.3 Å². The van der Waals surface area contributed by atoms with Gasteiger partial charge in [0.15, 0.2) is 0 Å². The highest BCUT2D eigenvalue weighted by molar-refractivity contribution is 5.91. The molecule has 8 nitrogen and oxygen atoms in total. The number of nitrogens with zero attached hydrogens (tertiary/aromatic N) is 4. The van der Waals surface area contributed by atoms with Gasteiger partial charge in [0.1, 0.15) is 17.3 Å². The first-order chi connectivity index (χ1) is 12.1. The Morgan fingerprint density at radius 1 is 1.44 bits per heavy atom. The number of ether oxygens (including phenoxy) is 1. The number of rotatable bonds is 5. The van der Waals surface area contributed by atoms with E-state index in [1.54, 1.807) is 9.58 Å². The lowest BCUT2D eigenvalue weighted by Gasteiger charge is -2.28. The largest absolute Gasteiger partial charge is 0.491 e. The van der Waals surface area contributed by atoms with Gasteiger partial charge in [0.2, 0.25) is 0 Å². The molecule has 0 aliphatic carbocycles. The van der Waals surface area contributed by atoms with Gasteiger partial charge < -0.3 is 20.1 Å². The summed E-state index contributed by atoms with van der Waals surface area (Å²) < 4.78 is 20.6. The summed E-state index contributed by atoms with van der Waals surface area (Å²) in [7, 11) is 0. The van der Waals surface area contributed by atoms with E-state index in [2.05, 4.69) is 15.6 Å². The predicted octanol–water partition coefficient (Wildman–Crippen LogP) is 1.75. The molecule has 0 radical (unpaired) electrons. The second kappa shape index (κ2) is 7.47. The average Bonchev–Trinajstić information content (AvgIpc) is 3.04. The van der Waals surface area contributed by atoms with Crippen molar-refractivity contribution in [2.75, 3.05) is 18.5 Å². The molecule has 1 aliphatic heterocycles. The summed E-state index contributed by atoms with van der Waals surface area (Å²) in [6.45, 7) is 3.40. The molecule has 0 fully saturated rings. The number of amides is 2. The van der Waals surface area contributed by atoms with E-state index in [0.717, 1.165) is 6.42 Å². The van der Waals surface area contributed by atoms with Crippen LogP contribution in [0.4, 0.5) is 14.9 Å². The zero-order chi connectivity index (χ0) is 17.8. The van der Waals surface area contributed by atoms with Gasteiger partial charge in [-0.15, -0.1) is 5.10 Å². The van der Waals surface area contributed by atoms with Crippen LogP contribution in [0.3, 0.4) is 0 Å². The van der Waals surface area contributed by atoms with Crippen molar-refractivity contribution in [3.63, 3.8) is 0 Å². The molecule has 3 rings (SSSR count). The second-order valence-electron chi connectivity index (χ2n) is 5.70. The molecule has 2 N–H and O–H groups in total. The zero-order valence-corrected chi connectivity index (χ0v) is 13.9. The molecule has 0 spiro atoms. The van der Waals surface area contributed by atoms with E-state index in [4.69, 9.17) is 4.74 Å². The number of urea groups is 1. The van der Waals surface area contributed by atoms with Crippen LogP contribution in [0.5, 0.6) is 5.75 Å². The molecule has 0 saturated carbocycles. The third-order valence-corrected chi connectivity index (χ3v) is 3.92. The summed E-state index contributed by atoms with van der Waals surface area (Å²) >= 11 is 0. The van der Waals surface area contributed by atoms with E-state index < -0.39 is 5.82 Å². The molecule has 9 heteroatoms. The van der Waals surface area contributed by atoms with Crippen molar-refractivity contribution < 1.29 is 19.0 Å². The smallest absolute Gasteiger partial charge is 0.322 e. The van der Waals surface area contributed by atoms with Crippen molar-refractivity contribution in [2.24, 2.45) is 0 Å². The van der Waals surface area contributed by atoms with Crippen LogP contribution >= 0.6 is 0 Å². The summed E-state index contributed by atoms with van der Waals surface area (Å²) in [5.74, 6) is -0.125. The maximum Gasteiger partial charge on any atom is 0.322 e. The minimum Gasteiger partial charge on any atom is -0.491 e. The van der Waals surface area contributed by atoms with Crippen molar-refractivity contribution in [1.29, 1.82) is 0 Å². The Labute approximate surface area is 144 Å². The highest BCUT2D eigenvalue weighted by Crippen LogP contribution is 2.26. The summed E-state index contributed by atoms with van der Waals surface area (Å²) in [6, 6.07) is 3.68. The van der Waals surface area contributed by atoms with Crippen LogP contribution in [0.2, 0.25) is 0 Å². The minimum atomic E-state index is -0.426. The van der Waals surface area contributed by atoms with E-state index >= 15 is 0 Å². The molecule has 134 valence electrons. The van der Waals surface area contributed by atoms with Crippen molar-refractivity contribution in [1.82, 2.24) is 19.9 Å². The molecular weight excluding hydrogens is 329 g/mol. The fraction of sp³-hybridized carbons (Fsp3) is 0.438. The first kappa shape index (κ1) is 17.2. The molecule has 0 atom stereocenters. The number of nitrogens with one attached hydrogen (secondary N) is 1. The monoisotopic (exact) mass is 349 g/mol. The van der Waals surface area contributed by atoms with Crippen LogP contribution in [0.15, 0.2) is 18.2 Å². The highest BCUT2D eigenvalue weighted by Gasteiger charge is 2.25. The second-order valence-corrected chi connectivity index (χ2v) is 5.70. The quantitative estimate of drug-likeness (QED) is 0.858. The minimum absolute atomic E-state index is 0.224. The third kappa shape index (κ3) is 3.71. The number of anilines is 1. The van der Waals surface area contributed by atoms with Gasteiger partial charge in [-0.1, -0.05) is 12.1 Å². The maximum atomic E-state index is 13.4. The maximum absolute atomic E-state index is 13.4. The molecular formula is C16H20FN5O3. The Balaban J connectivity index is 1.73. The van der Waals surface area contributed by atoms with Crippen molar-refractivity contribution in [2.45, 2.75) is 33.0 Å². The van der Waals surface area contributed by atoms with Crippen LogP contribution in [0, 0.1) is 5.82 Å². The Kier molecular flexibility index (Phi) is 5.13. The van der Waals surface area contributed by atoms with Crippen LogP contribution in [0.25, 0.3) is 0 Å². The van der Waals surface area contributed by atoms with Crippen LogP contribution in [0.1, 0.15) is 24.7 Å². The fourth-order valence-corrected chi connectivity index (χ4v) is 2.62. The Bertz CT molecular complexity index is 751. The molecule has 1 aromatic heterocycles. The summed E-state index contributed by atoms with van der Waals surface area (Å²) in [4.78, 5) is 14.2. The van der Waals surface area contributed by atoms with Gasteiger partial charge in [-0.05, 0) is 18.6 Å². The van der Waals surface area contributed by atoms with Gasteiger partial charge in [0.25, 0.3) is 0 Å². The molecule has 2 heterocycles. The Hall–Kier alpha value is -2.68. The van der Waals surface area contributed by atoms with E-state index in [1.165, 1.54) is 18.2 Å². The van der Waals surface area contributed by atoms with E-state index in [1.807, 2.05) is 6.92 Å². The van der Waals surface area contributed by atoms with Gasteiger partial charge >= 0.3 is 6.03 Å². The normalized spacial score (nSPS) is 13.5. The van der Waals surface area contributed by atoms with Crippen LogP contribution < -0.4 is 10.1 Å². The lowest BCUT2D eigenvalue weighted by Crippen LogP contribution is -2.41. The molecule has 1 aliphatic rings. The number of hydrogen-bond acceptors (Lipinski definition) is 5. The topological polar surface area (TPSA) is 92.5 Å². The molecule has 0 saturated heterocycles. The summed E-state index contributed by atoms with van der Waals surface area (Å²) in [6.07, 6.45) is 0.775. The zero-order valence-electron chi connectivity index (χ0n) is 13.9. The highest BCUT2D eigenvalue weighted by atomic mass is 19.1. The summed E-state index contributed by atoms with van der Waals surface area (Å²) in [5, 5.41) is 19.9. The average molecular weight is 349 g/mol. The van der Waals surface area contributed by atoms with Crippen molar-refractivity contribution in [3.05, 3.63) is 35.4 Å².